The van der Waals surface area contributed by atoms with Crippen LogP contribution in [-0.4, -0.2) is 37.6 Å². The van der Waals surface area contributed by atoms with Crippen molar-refractivity contribution in [2.24, 2.45) is 0 Å². The Balaban J connectivity index is 1.57. The van der Waals surface area contributed by atoms with E-state index in [4.69, 9.17) is 11.6 Å². The lowest BCUT2D eigenvalue weighted by Crippen LogP contribution is -2.44. The van der Waals surface area contributed by atoms with Crippen LogP contribution in [-0.2, 0) is 6.42 Å². The predicted molar refractivity (Wildman–Crippen MR) is 76.4 cm³/mol. The van der Waals surface area contributed by atoms with Gasteiger partial charge in [0.25, 0.3) is 0 Å². The molecule has 1 aromatic rings. The number of nitrogens with one attached hydrogen (secondary N) is 1. The van der Waals surface area contributed by atoms with Crippen LogP contribution in [0.15, 0.2) is 18.2 Å². The summed E-state index contributed by atoms with van der Waals surface area (Å²) in [7, 11) is 0. The van der Waals surface area contributed by atoms with Gasteiger partial charge in [-0.25, -0.2) is 0 Å². The van der Waals surface area contributed by atoms with E-state index < -0.39 is 0 Å². The number of hydrogen-bond acceptors (Lipinski definition) is 2. The van der Waals surface area contributed by atoms with Crippen LogP contribution >= 0.6 is 11.6 Å². The van der Waals surface area contributed by atoms with Crippen LogP contribution in [0.5, 0.6) is 0 Å². The molecule has 0 spiro atoms. The number of nitrogens with zero attached hydrogens (tertiary/aromatic N) is 1. The minimum absolute atomic E-state index is 0.750. The number of rotatable bonds is 4. The Morgan fingerprint density at radius 1 is 1.22 bits per heavy atom. The van der Waals surface area contributed by atoms with Crippen LogP contribution in [0.2, 0.25) is 5.02 Å². The Kier molecular flexibility index (Phi) is 3.88. The molecule has 1 heterocycles. The van der Waals surface area contributed by atoms with Gasteiger partial charge in [-0.3, -0.25) is 0 Å². The molecule has 1 aromatic carbocycles. The second kappa shape index (κ2) is 5.60. The molecule has 0 unspecified atom stereocenters. The Morgan fingerprint density at radius 3 is 2.67 bits per heavy atom. The van der Waals surface area contributed by atoms with Crippen LogP contribution in [0.1, 0.15) is 29.9 Å². The summed E-state index contributed by atoms with van der Waals surface area (Å²) in [6.07, 6.45) is 3.75. The van der Waals surface area contributed by atoms with E-state index >= 15 is 0 Å². The van der Waals surface area contributed by atoms with Crippen LogP contribution in [0.4, 0.5) is 0 Å². The van der Waals surface area contributed by atoms with E-state index in [0.29, 0.717) is 0 Å². The van der Waals surface area contributed by atoms with Gasteiger partial charge in [-0.15, -0.1) is 0 Å². The number of piperazine rings is 1. The normalized spacial score (nSPS) is 21.2. The third kappa shape index (κ3) is 3.05. The molecule has 1 N–H and O–H groups in total. The van der Waals surface area contributed by atoms with Crippen LogP contribution in [0.3, 0.4) is 0 Å². The Morgan fingerprint density at radius 2 is 2.00 bits per heavy atom. The van der Waals surface area contributed by atoms with Crippen LogP contribution in [0.25, 0.3) is 0 Å². The highest BCUT2D eigenvalue weighted by Gasteiger charge is 2.25. The van der Waals surface area contributed by atoms with Gasteiger partial charge in [0.15, 0.2) is 0 Å². The largest absolute Gasteiger partial charge is 0.314 e. The van der Waals surface area contributed by atoms with Crippen LogP contribution in [0, 0.1) is 0 Å². The standard InChI is InChI=1S/C15H21ClN2/c16-15-11-12(1-4-14(15)13-2-3-13)5-8-18-9-6-17-7-10-18/h1,4,11,13,17H,2-3,5-10H2. The molecule has 2 fully saturated rings. The van der Waals surface area contributed by atoms with Gasteiger partial charge in [0.2, 0.25) is 0 Å². The van der Waals surface area contributed by atoms with Crippen molar-refractivity contribution >= 4 is 11.6 Å². The highest BCUT2D eigenvalue weighted by atomic mass is 35.5. The minimum Gasteiger partial charge on any atom is -0.314 e. The number of benzene rings is 1. The molecule has 3 heteroatoms. The SMILES string of the molecule is Clc1cc(CCN2CCNCC2)ccc1C1CC1. The molecule has 1 aliphatic carbocycles. The summed E-state index contributed by atoms with van der Waals surface area (Å²) >= 11 is 6.36. The Hall–Kier alpha value is -0.570. The molecule has 0 bridgehead atoms. The van der Waals surface area contributed by atoms with Gasteiger partial charge in [0.05, 0.1) is 0 Å². The third-order valence-electron chi connectivity index (χ3n) is 4.01. The zero-order chi connectivity index (χ0) is 12.4. The molecule has 0 radical (unpaired) electrons. The lowest BCUT2D eigenvalue weighted by atomic mass is 10.1. The monoisotopic (exact) mass is 264 g/mol. The first kappa shape index (κ1) is 12.5. The number of halogens is 1. The van der Waals surface area contributed by atoms with Crippen molar-refractivity contribution in [3.8, 4) is 0 Å². The van der Waals surface area contributed by atoms with Gasteiger partial charge in [0.1, 0.15) is 0 Å². The van der Waals surface area contributed by atoms with Gasteiger partial charge in [-0.2, -0.15) is 0 Å². The first-order valence-electron chi connectivity index (χ1n) is 7.04. The molecular formula is C15H21ClN2. The van der Waals surface area contributed by atoms with E-state index in [1.165, 1.54) is 37.1 Å². The van der Waals surface area contributed by atoms with E-state index in [1.807, 2.05) is 0 Å². The van der Waals surface area contributed by atoms with Crippen molar-refractivity contribution in [3.05, 3.63) is 34.3 Å². The third-order valence-corrected chi connectivity index (χ3v) is 4.34. The van der Waals surface area contributed by atoms with Crippen molar-refractivity contribution in [1.29, 1.82) is 0 Å². The van der Waals surface area contributed by atoms with Gasteiger partial charge < -0.3 is 10.2 Å². The van der Waals surface area contributed by atoms with Crippen molar-refractivity contribution in [1.82, 2.24) is 10.2 Å². The average molecular weight is 265 g/mol. The van der Waals surface area contributed by atoms with E-state index in [9.17, 15) is 0 Å². The van der Waals surface area contributed by atoms with Crippen LogP contribution < -0.4 is 5.32 Å². The molecule has 1 saturated heterocycles. The fourth-order valence-electron chi connectivity index (χ4n) is 2.67. The lowest BCUT2D eigenvalue weighted by molar-refractivity contribution is 0.244. The highest BCUT2D eigenvalue weighted by molar-refractivity contribution is 6.31. The second-order valence-electron chi connectivity index (χ2n) is 5.47. The first-order valence-corrected chi connectivity index (χ1v) is 7.42. The Labute approximate surface area is 114 Å². The van der Waals surface area contributed by atoms with E-state index in [2.05, 4.69) is 28.4 Å². The van der Waals surface area contributed by atoms with Crippen molar-refractivity contribution in [2.75, 3.05) is 32.7 Å². The average Bonchev–Trinajstić information content (AvgIpc) is 3.22. The predicted octanol–water partition coefficient (Wildman–Crippen LogP) is 2.67. The summed E-state index contributed by atoms with van der Waals surface area (Å²) in [6, 6.07) is 6.69. The zero-order valence-corrected chi connectivity index (χ0v) is 11.5. The van der Waals surface area contributed by atoms with Gasteiger partial charge in [-0.1, -0.05) is 23.7 Å². The maximum Gasteiger partial charge on any atom is 0.0443 e. The molecule has 2 nitrogen and oxygen atoms in total. The molecule has 0 atom stereocenters. The molecule has 98 valence electrons. The van der Waals surface area contributed by atoms with Gasteiger partial charge in [0, 0.05) is 37.7 Å². The lowest BCUT2D eigenvalue weighted by Gasteiger charge is -2.27. The molecule has 1 saturated carbocycles. The molecule has 1 aliphatic heterocycles. The molecule has 3 rings (SSSR count). The highest BCUT2D eigenvalue weighted by Crippen LogP contribution is 2.43. The fourth-order valence-corrected chi connectivity index (χ4v) is 3.03. The van der Waals surface area contributed by atoms with E-state index in [-0.39, 0.29) is 0 Å². The molecular weight excluding hydrogens is 244 g/mol. The summed E-state index contributed by atoms with van der Waals surface area (Å²) in [4.78, 5) is 2.53. The Bertz CT molecular complexity index is 409. The van der Waals surface area contributed by atoms with Gasteiger partial charge in [-0.05, 0) is 42.4 Å². The quantitative estimate of drug-likeness (QED) is 0.900. The summed E-state index contributed by atoms with van der Waals surface area (Å²) in [5, 5.41) is 4.37. The van der Waals surface area contributed by atoms with Crippen molar-refractivity contribution < 1.29 is 0 Å². The fraction of sp³-hybridized carbons (Fsp3) is 0.600. The summed E-state index contributed by atoms with van der Waals surface area (Å²) in [6.45, 7) is 5.76. The maximum absolute atomic E-state index is 6.36. The summed E-state index contributed by atoms with van der Waals surface area (Å²) in [5.74, 6) is 0.750. The topological polar surface area (TPSA) is 15.3 Å². The molecule has 0 amide bonds. The maximum atomic E-state index is 6.36. The minimum atomic E-state index is 0.750. The molecule has 2 aliphatic rings. The van der Waals surface area contributed by atoms with E-state index in [0.717, 1.165) is 37.0 Å². The second-order valence-corrected chi connectivity index (χ2v) is 5.88. The number of hydrogen-bond donors (Lipinski definition) is 1. The molecule has 18 heavy (non-hydrogen) atoms. The smallest absolute Gasteiger partial charge is 0.0443 e. The van der Waals surface area contributed by atoms with Crippen molar-refractivity contribution in [2.45, 2.75) is 25.2 Å². The molecule has 0 aromatic heterocycles. The summed E-state index contributed by atoms with van der Waals surface area (Å²) in [5.41, 5.74) is 2.74. The van der Waals surface area contributed by atoms with E-state index in [1.54, 1.807) is 0 Å². The van der Waals surface area contributed by atoms with Crippen molar-refractivity contribution in [3.63, 3.8) is 0 Å². The first-order chi connectivity index (χ1) is 8.83. The summed E-state index contributed by atoms with van der Waals surface area (Å²) < 4.78 is 0. The van der Waals surface area contributed by atoms with Gasteiger partial charge >= 0.3 is 0 Å². The zero-order valence-electron chi connectivity index (χ0n) is 10.8.